The second kappa shape index (κ2) is 5.40. The van der Waals surface area contributed by atoms with Crippen molar-refractivity contribution in [2.45, 2.75) is 67.0 Å². The summed E-state index contributed by atoms with van der Waals surface area (Å²) >= 11 is 2.12. The first-order valence-corrected chi connectivity index (χ1v) is 8.16. The first kappa shape index (κ1) is 12.8. The Morgan fingerprint density at radius 1 is 1.11 bits per heavy atom. The van der Waals surface area contributed by atoms with E-state index in [-0.39, 0.29) is 5.54 Å². The van der Waals surface area contributed by atoms with Gasteiger partial charge in [-0.05, 0) is 44.9 Å². The minimum atomic E-state index is -0.204. The zero-order valence-corrected chi connectivity index (χ0v) is 11.7. The van der Waals surface area contributed by atoms with E-state index in [9.17, 15) is 5.26 Å². The molecule has 3 nitrogen and oxygen atoms in total. The zero-order chi connectivity index (χ0) is 12.4. The van der Waals surface area contributed by atoms with Crippen LogP contribution in [0.1, 0.15) is 44.9 Å². The molecule has 0 amide bonds. The summed E-state index contributed by atoms with van der Waals surface area (Å²) in [5.41, 5.74) is -0.204. The van der Waals surface area contributed by atoms with Crippen molar-refractivity contribution in [1.29, 1.82) is 5.26 Å². The lowest BCUT2D eigenvalue weighted by atomic mass is 10.00. The first-order valence-electron chi connectivity index (χ1n) is 7.22. The standard InChI is InChI=1S/C14H22N2OS/c15-10-14(16-11-1-2-11)6-3-13(9-14)18-12-4-7-17-8-5-12/h11-13,16H,1-9H2. The van der Waals surface area contributed by atoms with Crippen LogP contribution in [-0.2, 0) is 4.74 Å². The molecule has 0 aromatic rings. The molecule has 2 saturated carbocycles. The van der Waals surface area contributed by atoms with Gasteiger partial charge in [0.15, 0.2) is 0 Å². The van der Waals surface area contributed by atoms with E-state index in [1.807, 2.05) is 0 Å². The molecule has 1 N–H and O–H groups in total. The van der Waals surface area contributed by atoms with Gasteiger partial charge in [-0.2, -0.15) is 17.0 Å². The van der Waals surface area contributed by atoms with Crippen molar-refractivity contribution in [3.63, 3.8) is 0 Å². The number of hydrogen-bond donors (Lipinski definition) is 1. The number of nitriles is 1. The fourth-order valence-electron chi connectivity index (χ4n) is 3.08. The number of hydrogen-bond acceptors (Lipinski definition) is 4. The van der Waals surface area contributed by atoms with Crippen molar-refractivity contribution in [3.05, 3.63) is 0 Å². The van der Waals surface area contributed by atoms with E-state index in [1.165, 1.54) is 32.1 Å². The van der Waals surface area contributed by atoms with E-state index in [1.54, 1.807) is 0 Å². The van der Waals surface area contributed by atoms with Crippen molar-refractivity contribution in [2.24, 2.45) is 0 Å². The first-order chi connectivity index (χ1) is 8.80. The van der Waals surface area contributed by atoms with E-state index in [0.717, 1.165) is 31.3 Å². The smallest absolute Gasteiger partial charge is 0.108 e. The summed E-state index contributed by atoms with van der Waals surface area (Å²) in [7, 11) is 0. The zero-order valence-electron chi connectivity index (χ0n) is 10.9. The molecule has 0 aromatic carbocycles. The molecule has 18 heavy (non-hydrogen) atoms. The van der Waals surface area contributed by atoms with Gasteiger partial charge in [0.25, 0.3) is 0 Å². The van der Waals surface area contributed by atoms with Crippen molar-refractivity contribution in [2.75, 3.05) is 13.2 Å². The fraction of sp³-hybridized carbons (Fsp3) is 0.929. The summed E-state index contributed by atoms with van der Waals surface area (Å²) < 4.78 is 5.41. The molecule has 2 aliphatic carbocycles. The average molecular weight is 266 g/mol. The maximum Gasteiger partial charge on any atom is 0.108 e. The van der Waals surface area contributed by atoms with Gasteiger partial charge in [-0.15, -0.1) is 0 Å². The average Bonchev–Trinajstić information content (AvgIpc) is 3.12. The normalized spacial score (nSPS) is 37.6. The molecular weight excluding hydrogens is 244 g/mol. The van der Waals surface area contributed by atoms with Gasteiger partial charge < -0.3 is 4.74 Å². The van der Waals surface area contributed by atoms with Crippen LogP contribution in [-0.4, -0.2) is 35.3 Å². The monoisotopic (exact) mass is 266 g/mol. The molecule has 0 spiro atoms. The Labute approximate surface area is 114 Å². The number of nitrogens with one attached hydrogen (secondary N) is 1. The van der Waals surface area contributed by atoms with Crippen molar-refractivity contribution in [1.82, 2.24) is 5.32 Å². The van der Waals surface area contributed by atoms with Crippen molar-refractivity contribution < 1.29 is 4.74 Å². The quantitative estimate of drug-likeness (QED) is 0.849. The largest absolute Gasteiger partial charge is 0.381 e. The van der Waals surface area contributed by atoms with Gasteiger partial charge in [0.1, 0.15) is 5.54 Å². The molecule has 1 saturated heterocycles. The molecular formula is C14H22N2OS. The third-order valence-electron chi connectivity index (χ3n) is 4.29. The third-order valence-corrected chi connectivity index (χ3v) is 5.94. The summed E-state index contributed by atoms with van der Waals surface area (Å²) in [4.78, 5) is 0. The molecule has 3 fully saturated rings. The van der Waals surface area contributed by atoms with E-state index < -0.39 is 0 Å². The highest BCUT2D eigenvalue weighted by molar-refractivity contribution is 8.00. The summed E-state index contributed by atoms with van der Waals surface area (Å²) in [6.07, 6.45) is 8.20. The highest BCUT2D eigenvalue weighted by atomic mass is 32.2. The van der Waals surface area contributed by atoms with Crippen LogP contribution in [0.2, 0.25) is 0 Å². The van der Waals surface area contributed by atoms with Gasteiger partial charge in [-0.1, -0.05) is 0 Å². The maximum absolute atomic E-state index is 9.48. The minimum absolute atomic E-state index is 0.204. The summed E-state index contributed by atoms with van der Waals surface area (Å²) in [5.74, 6) is 0. The number of rotatable bonds is 4. The van der Waals surface area contributed by atoms with Gasteiger partial charge in [0, 0.05) is 29.8 Å². The third kappa shape index (κ3) is 3.01. The van der Waals surface area contributed by atoms with Crippen LogP contribution in [0.25, 0.3) is 0 Å². The van der Waals surface area contributed by atoms with Crippen molar-refractivity contribution >= 4 is 11.8 Å². The lowest BCUT2D eigenvalue weighted by molar-refractivity contribution is 0.0999. The Kier molecular flexibility index (Phi) is 3.83. The molecule has 0 aromatic heterocycles. The SMILES string of the molecule is N#CC1(NC2CC2)CCC(SC2CCOCC2)C1. The minimum Gasteiger partial charge on any atom is -0.381 e. The van der Waals surface area contributed by atoms with Gasteiger partial charge >= 0.3 is 0 Å². The number of thioether (sulfide) groups is 1. The Hall–Kier alpha value is -0.240. The van der Waals surface area contributed by atoms with Crippen LogP contribution in [0.5, 0.6) is 0 Å². The van der Waals surface area contributed by atoms with Crippen LogP contribution < -0.4 is 5.32 Å². The van der Waals surface area contributed by atoms with E-state index in [2.05, 4.69) is 23.1 Å². The fourth-order valence-corrected chi connectivity index (χ4v) is 4.73. The number of nitrogens with zero attached hydrogens (tertiary/aromatic N) is 1. The lowest BCUT2D eigenvalue weighted by Gasteiger charge is -2.26. The van der Waals surface area contributed by atoms with Crippen LogP contribution in [0.3, 0.4) is 0 Å². The summed E-state index contributed by atoms with van der Waals surface area (Å²) in [6, 6.07) is 3.20. The highest BCUT2D eigenvalue weighted by Gasteiger charge is 2.43. The van der Waals surface area contributed by atoms with Crippen LogP contribution in [0, 0.1) is 11.3 Å². The second-order valence-corrected chi connectivity index (χ2v) is 7.53. The Morgan fingerprint density at radius 2 is 1.89 bits per heavy atom. The topological polar surface area (TPSA) is 45.0 Å². The number of ether oxygens (including phenoxy) is 1. The van der Waals surface area contributed by atoms with E-state index >= 15 is 0 Å². The molecule has 4 heteroatoms. The Balaban J connectivity index is 1.51. The van der Waals surface area contributed by atoms with Gasteiger partial charge in [-0.3, -0.25) is 5.32 Å². The highest BCUT2D eigenvalue weighted by Crippen LogP contribution is 2.41. The predicted molar refractivity (Wildman–Crippen MR) is 73.6 cm³/mol. The Morgan fingerprint density at radius 3 is 2.56 bits per heavy atom. The van der Waals surface area contributed by atoms with Crippen LogP contribution in [0.4, 0.5) is 0 Å². The van der Waals surface area contributed by atoms with E-state index in [4.69, 9.17) is 4.74 Å². The van der Waals surface area contributed by atoms with Crippen LogP contribution >= 0.6 is 11.8 Å². The van der Waals surface area contributed by atoms with Gasteiger partial charge in [0.2, 0.25) is 0 Å². The molecule has 0 bridgehead atoms. The second-order valence-electron chi connectivity index (χ2n) is 5.93. The molecule has 1 aliphatic heterocycles. The van der Waals surface area contributed by atoms with Gasteiger partial charge in [-0.25, -0.2) is 0 Å². The molecule has 0 radical (unpaired) electrons. The predicted octanol–water partition coefficient (Wildman–Crippen LogP) is 2.47. The lowest BCUT2D eigenvalue weighted by Crippen LogP contribution is -2.43. The van der Waals surface area contributed by atoms with Crippen molar-refractivity contribution in [3.8, 4) is 6.07 Å². The summed E-state index contributed by atoms with van der Waals surface area (Å²) in [6.45, 7) is 1.85. The molecule has 2 atom stereocenters. The van der Waals surface area contributed by atoms with Gasteiger partial charge in [0.05, 0.1) is 6.07 Å². The molecule has 3 rings (SSSR count). The van der Waals surface area contributed by atoms with E-state index in [0.29, 0.717) is 11.3 Å². The molecule has 100 valence electrons. The van der Waals surface area contributed by atoms with Crippen LogP contribution in [0.15, 0.2) is 0 Å². The molecule has 3 aliphatic rings. The molecule has 1 heterocycles. The maximum atomic E-state index is 9.48. The summed E-state index contributed by atoms with van der Waals surface area (Å²) in [5, 5.41) is 14.5. The Bertz CT molecular complexity index is 333. The molecule has 2 unspecified atom stereocenters.